The summed E-state index contributed by atoms with van der Waals surface area (Å²) < 4.78 is 0. The molecule has 0 aliphatic carbocycles. The molecule has 0 aromatic rings. The van der Waals surface area contributed by atoms with Crippen LogP contribution in [0.25, 0.3) is 0 Å². The first-order valence-corrected chi connectivity index (χ1v) is 2.35. The molecule has 0 heterocycles. The van der Waals surface area contributed by atoms with Crippen molar-refractivity contribution in [3.63, 3.8) is 0 Å². The zero-order chi connectivity index (χ0) is 5.21. The first kappa shape index (κ1) is 22.5. The van der Waals surface area contributed by atoms with Crippen molar-refractivity contribution in [1.29, 1.82) is 0 Å². The van der Waals surface area contributed by atoms with E-state index in [0.717, 1.165) is 6.42 Å². The monoisotopic (exact) mass is 637 g/mol. The van der Waals surface area contributed by atoms with E-state index in [1.165, 1.54) is 0 Å². The quantitative estimate of drug-likeness (QED) is 0.358. The number of rotatable bonds is 0. The zero-order valence-electron chi connectivity index (χ0n) is 6.14. The molecule has 9 heavy (non-hydrogen) atoms. The minimum atomic E-state index is 0. The van der Waals surface area contributed by atoms with Crippen molar-refractivity contribution in [2.75, 3.05) is 0 Å². The van der Waals surface area contributed by atoms with Gasteiger partial charge in [-0.25, -0.2) is 0 Å². The van der Waals surface area contributed by atoms with Gasteiger partial charge in [0.1, 0.15) is 0 Å². The summed E-state index contributed by atoms with van der Waals surface area (Å²) >= 11 is 0. The Bertz CT molecular complexity index is 38.1. The molecule has 0 aromatic heterocycles. The molecule has 0 atom stereocenters. The predicted octanol–water partition coefficient (Wildman–Crippen LogP) is 2.25. The predicted molar refractivity (Wildman–Crippen MR) is 29.4 cm³/mol. The summed E-state index contributed by atoms with van der Waals surface area (Å²) in [4.78, 5) is 0. The minimum absolute atomic E-state index is 0. The Morgan fingerprint density at radius 1 is 1.00 bits per heavy atom. The van der Waals surface area contributed by atoms with Gasteiger partial charge in [0.25, 0.3) is 0 Å². The summed E-state index contributed by atoms with van der Waals surface area (Å²) in [6, 6.07) is 0. The smallest absolute Gasteiger partial charge is 0 e. The fourth-order valence-corrected chi connectivity index (χ4v) is 0. The van der Waals surface area contributed by atoms with Crippen LogP contribution in [-0.2, 0) is 63.2 Å². The van der Waals surface area contributed by atoms with Crippen molar-refractivity contribution in [2.45, 2.75) is 27.2 Å². The molecule has 0 spiro atoms. The molecule has 0 rings (SSSR count). The first-order chi connectivity index (χ1) is 2.56. The van der Waals surface area contributed by atoms with Gasteiger partial charge in [-0.2, -0.15) is 6.42 Å². The van der Waals surface area contributed by atoms with Crippen LogP contribution in [0.2, 0.25) is 0 Å². The topological polar surface area (TPSA) is 0 Å². The number of hydrogen-bond donors (Lipinski definition) is 0. The third kappa shape index (κ3) is 25.5. The molecule has 0 nitrogen and oxygen atoms in total. The van der Waals surface area contributed by atoms with Gasteiger partial charge in [0.2, 0.25) is 0 Å². The van der Waals surface area contributed by atoms with E-state index in [4.69, 9.17) is 0 Å². The van der Waals surface area contributed by atoms with Crippen molar-refractivity contribution < 1.29 is 63.2 Å². The van der Waals surface area contributed by atoms with Crippen molar-refractivity contribution in [3.05, 3.63) is 6.92 Å². The van der Waals surface area contributed by atoms with Gasteiger partial charge in [-0.1, -0.05) is 26.2 Å². The van der Waals surface area contributed by atoms with E-state index in [1.54, 1.807) is 0 Å². The average Bonchev–Trinajstić information content (AvgIpc) is 1.35. The Morgan fingerprint density at radius 3 is 1.11 bits per heavy atom. The molecule has 0 bridgehead atoms. The third-order valence-electron chi connectivity index (χ3n) is 0.750. The second-order valence-electron chi connectivity index (χ2n) is 2.81. The summed E-state index contributed by atoms with van der Waals surface area (Å²) in [6.45, 7) is 10.3. The molecule has 0 aliphatic heterocycles. The Labute approximate surface area is 102 Å². The fraction of sp³-hybridized carbons (Fsp3) is 0.833. The molecule has 0 radical (unpaired) electrons. The Hall–Kier alpha value is 2.06. The molecule has 0 aliphatic rings. The molecule has 0 saturated carbocycles. The van der Waals surface area contributed by atoms with Crippen LogP contribution >= 0.6 is 0 Å². The Balaban J connectivity index is -0.0000000417. The molecule has 0 fully saturated rings. The molecule has 0 N–H and O–H groups in total. The summed E-state index contributed by atoms with van der Waals surface area (Å²) in [6.07, 6.45) is 1.02. The summed E-state index contributed by atoms with van der Waals surface area (Å²) in [7, 11) is 0. The molecule has 0 amide bonds. The van der Waals surface area contributed by atoms with Gasteiger partial charge in [0.05, 0.1) is 0 Å². The van der Waals surface area contributed by atoms with Gasteiger partial charge in [0.15, 0.2) is 0 Å². The fourth-order valence-electron chi connectivity index (χ4n) is 0. The van der Waals surface area contributed by atoms with Gasteiger partial charge < -0.3 is 6.92 Å². The van der Waals surface area contributed by atoms with E-state index in [0.29, 0.717) is 5.41 Å². The molecule has 0 unspecified atom stereocenters. The summed E-state index contributed by atoms with van der Waals surface area (Å²) in [5.41, 5.74) is 0.431. The van der Waals surface area contributed by atoms with Crippen LogP contribution in [-0.4, -0.2) is 0 Å². The van der Waals surface area contributed by atoms with Gasteiger partial charge in [-0.3, -0.25) is 0 Å². The maximum absolute atomic E-state index is 3.76. The van der Waals surface area contributed by atoms with Crippen molar-refractivity contribution in [2.24, 2.45) is 5.41 Å². The van der Waals surface area contributed by atoms with Crippen LogP contribution < -0.4 is 0 Å². The van der Waals surface area contributed by atoms with Gasteiger partial charge in [0, 0.05) is 63.2 Å². The maximum atomic E-state index is 3.76. The molecule has 0 saturated heterocycles. The van der Waals surface area contributed by atoms with E-state index in [-0.39, 0.29) is 63.2 Å². The summed E-state index contributed by atoms with van der Waals surface area (Å²) in [5, 5.41) is 0. The number of hydrogen-bond acceptors (Lipinski definition) is 0. The van der Waals surface area contributed by atoms with Crippen LogP contribution in [0.15, 0.2) is 0 Å². The van der Waals surface area contributed by atoms with Crippen LogP contribution in [0, 0.1) is 12.3 Å². The van der Waals surface area contributed by atoms with Crippen LogP contribution in [0.3, 0.4) is 0 Å². The third-order valence-corrected chi connectivity index (χ3v) is 0.750. The maximum Gasteiger partial charge on any atom is 0 e. The zero-order valence-corrected chi connectivity index (χ0v) is 14.9. The molecular formula is C6H13W3-. The normalized spacial score (nSPS) is 8.00. The van der Waals surface area contributed by atoms with Crippen LogP contribution in [0.4, 0.5) is 0 Å². The minimum Gasteiger partial charge on any atom is -0.343 e. The van der Waals surface area contributed by atoms with Gasteiger partial charge in [-0.15, -0.1) is 0 Å². The Morgan fingerprint density at radius 2 is 1.11 bits per heavy atom. The van der Waals surface area contributed by atoms with E-state index in [1.807, 2.05) is 0 Å². The molecule has 3 heteroatoms. The van der Waals surface area contributed by atoms with E-state index >= 15 is 0 Å². The van der Waals surface area contributed by atoms with Gasteiger partial charge >= 0.3 is 0 Å². The van der Waals surface area contributed by atoms with Crippen molar-refractivity contribution >= 4 is 0 Å². The van der Waals surface area contributed by atoms with Crippen molar-refractivity contribution in [1.82, 2.24) is 0 Å². The van der Waals surface area contributed by atoms with Crippen LogP contribution in [0.5, 0.6) is 0 Å². The first-order valence-electron chi connectivity index (χ1n) is 2.35. The Kier molecular flexibility index (Phi) is 25.1. The average molecular weight is 637 g/mol. The molecule has 56 valence electrons. The van der Waals surface area contributed by atoms with Crippen molar-refractivity contribution in [3.8, 4) is 0 Å². The molecule has 0 aromatic carbocycles. The molecular weight excluding hydrogens is 624 g/mol. The van der Waals surface area contributed by atoms with E-state index < -0.39 is 0 Å². The summed E-state index contributed by atoms with van der Waals surface area (Å²) in [5.74, 6) is 0. The van der Waals surface area contributed by atoms with Gasteiger partial charge in [-0.05, 0) is 0 Å². The van der Waals surface area contributed by atoms with E-state index in [2.05, 4.69) is 27.7 Å². The second kappa shape index (κ2) is 10.1. The SMILES string of the molecule is [CH2-]CC(C)(C)C.[W].[W].[W]. The van der Waals surface area contributed by atoms with E-state index in [9.17, 15) is 0 Å². The largest absolute Gasteiger partial charge is 0.343 e. The standard InChI is InChI=1S/C6H13.3W/c1-5-6(2,3)4;;;/h1,5H2,2-4H3;;;/q-1;;;. The second-order valence-corrected chi connectivity index (χ2v) is 2.81. The van der Waals surface area contributed by atoms with Crippen LogP contribution in [0.1, 0.15) is 27.2 Å².